The van der Waals surface area contributed by atoms with Crippen molar-refractivity contribution >= 4 is 11.6 Å². The molecule has 0 radical (unpaired) electrons. The second kappa shape index (κ2) is 7.90. The van der Waals surface area contributed by atoms with Crippen LogP contribution in [0.5, 0.6) is 11.5 Å². The van der Waals surface area contributed by atoms with E-state index in [2.05, 4.69) is 9.72 Å². The third-order valence-corrected chi connectivity index (χ3v) is 2.88. The molecule has 0 amide bonds. The largest absolute Gasteiger partial charge is 0.490 e. The maximum atomic E-state index is 12.7. The molecule has 0 bridgehead atoms. The smallest absolute Gasteiger partial charge is 0.387 e. The molecule has 0 atom stereocenters. The van der Waals surface area contributed by atoms with Crippen LogP contribution in [0, 0.1) is 11.3 Å². The van der Waals surface area contributed by atoms with Gasteiger partial charge in [-0.2, -0.15) is 14.0 Å². The van der Waals surface area contributed by atoms with Crippen molar-refractivity contribution in [1.82, 2.24) is 4.98 Å². The number of ether oxygens (including phenoxy) is 2. The topological polar surface area (TPSA) is 55.1 Å². The number of para-hydroxylation sites is 1. The number of benzene rings is 1. The van der Waals surface area contributed by atoms with Crippen molar-refractivity contribution in [2.75, 3.05) is 6.61 Å². The van der Waals surface area contributed by atoms with Crippen LogP contribution in [0.25, 0.3) is 11.6 Å². The molecular weight excluding hydrogens is 302 g/mol. The lowest BCUT2D eigenvalue weighted by Gasteiger charge is -2.13. The van der Waals surface area contributed by atoms with Crippen LogP contribution < -0.4 is 9.47 Å². The summed E-state index contributed by atoms with van der Waals surface area (Å²) in [4.78, 5) is 4.08. The maximum absolute atomic E-state index is 12.7. The molecule has 2 aromatic rings. The number of alkyl halides is 2. The molecule has 0 aliphatic carbocycles. The molecule has 118 valence electrons. The maximum Gasteiger partial charge on any atom is 0.387 e. The molecule has 0 spiro atoms. The predicted octanol–water partition coefficient (Wildman–Crippen LogP) is 4.15. The lowest BCUT2D eigenvalue weighted by Crippen LogP contribution is -2.06. The first-order valence-corrected chi connectivity index (χ1v) is 6.89. The summed E-state index contributed by atoms with van der Waals surface area (Å²) in [6.07, 6.45) is 3.00. The molecule has 1 heterocycles. The minimum atomic E-state index is -3.00. The first-order chi connectivity index (χ1) is 11.2. The number of nitriles is 1. The van der Waals surface area contributed by atoms with Gasteiger partial charge < -0.3 is 9.47 Å². The molecular formula is C17H14F2N2O2. The van der Waals surface area contributed by atoms with Crippen molar-refractivity contribution < 1.29 is 18.3 Å². The summed E-state index contributed by atoms with van der Waals surface area (Å²) in [5.41, 5.74) is 0.997. The molecule has 0 saturated carbocycles. The first kappa shape index (κ1) is 16.4. The molecule has 0 saturated heterocycles. The summed E-state index contributed by atoms with van der Waals surface area (Å²) in [6, 6.07) is 11.9. The molecule has 0 N–H and O–H groups in total. The van der Waals surface area contributed by atoms with E-state index in [0.717, 1.165) is 0 Å². The Hall–Kier alpha value is -2.94. The second-order valence-electron chi connectivity index (χ2n) is 4.37. The lowest BCUT2D eigenvalue weighted by molar-refractivity contribution is -0.0515. The number of allylic oxidation sites excluding steroid dienone is 1. The summed E-state index contributed by atoms with van der Waals surface area (Å²) >= 11 is 0. The fourth-order valence-corrected chi connectivity index (χ4v) is 1.97. The molecule has 6 heteroatoms. The standard InChI is InChI=1S/C17H14F2N2O2/c1-2-22-15-8-5-6-12(16(15)23-17(18)19)10-13(11-20)14-7-3-4-9-21-14/h3-10,17H,2H2,1H3/b13-10+. The van der Waals surface area contributed by atoms with Crippen LogP contribution in [0.3, 0.4) is 0 Å². The highest BCUT2D eigenvalue weighted by atomic mass is 19.3. The quantitative estimate of drug-likeness (QED) is 0.751. The van der Waals surface area contributed by atoms with Gasteiger partial charge in [0, 0.05) is 11.8 Å². The normalized spacial score (nSPS) is 11.2. The average molecular weight is 316 g/mol. The van der Waals surface area contributed by atoms with Crippen LogP contribution in [0.4, 0.5) is 8.78 Å². The Bertz CT molecular complexity index is 725. The molecule has 0 aliphatic heterocycles. The molecule has 23 heavy (non-hydrogen) atoms. The van der Waals surface area contributed by atoms with Gasteiger partial charge in [-0.15, -0.1) is 0 Å². The van der Waals surface area contributed by atoms with Crippen LogP contribution >= 0.6 is 0 Å². The van der Waals surface area contributed by atoms with Crippen molar-refractivity contribution in [1.29, 1.82) is 5.26 Å². The van der Waals surface area contributed by atoms with Gasteiger partial charge in [-0.3, -0.25) is 4.98 Å². The Kier molecular flexibility index (Phi) is 5.64. The second-order valence-corrected chi connectivity index (χ2v) is 4.37. The summed E-state index contributed by atoms with van der Waals surface area (Å²) in [5.74, 6) is 0.0906. The van der Waals surface area contributed by atoms with Gasteiger partial charge in [-0.05, 0) is 31.2 Å². The van der Waals surface area contributed by atoms with Crippen molar-refractivity contribution in [3.05, 3.63) is 53.9 Å². The van der Waals surface area contributed by atoms with Crippen LogP contribution in [0.2, 0.25) is 0 Å². The van der Waals surface area contributed by atoms with Gasteiger partial charge in [-0.1, -0.05) is 18.2 Å². The van der Waals surface area contributed by atoms with E-state index < -0.39 is 6.61 Å². The zero-order valence-electron chi connectivity index (χ0n) is 12.4. The third kappa shape index (κ3) is 4.27. The van der Waals surface area contributed by atoms with Gasteiger partial charge in [0.25, 0.3) is 0 Å². The summed E-state index contributed by atoms with van der Waals surface area (Å²) in [7, 11) is 0. The lowest BCUT2D eigenvalue weighted by atomic mass is 10.1. The number of aromatic nitrogens is 1. The van der Waals surface area contributed by atoms with Gasteiger partial charge in [0.15, 0.2) is 11.5 Å². The number of hydrogen-bond donors (Lipinski definition) is 0. The Balaban J connectivity index is 2.51. The van der Waals surface area contributed by atoms with Gasteiger partial charge in [0.2, 0.25) is 0 Å². The minimum Gasteiger partial charge on any atom is -0.490 e. The number of hydrogen-bond acceptors (Lipinski definition) is 4. The van der Waals surface area contributed by atoms with E-state index >= 15 is 0 Å². The van der Waals surface area contributed by atoms with E-state index in [-0.39, 0.29) is 17.1 Å². The van der Waals surface area contributed by atoms with Gasteiger partial charge in [0.05, 0.1) is 17.9 Å². The molecule has 1 aromatic heterocycles. The number of nitrogens with zero attached hydrogens (tertiary/aromatic N) is 2. The van der Waals surface area contributed by atoms with E-state index in [0.29, 0.717) is 17.9 Å². The summed E-state index contributed by atoms with van der Waals surface area (Å²) < 4.78 is 35.3. The highest BCUT2D eigenvalue weighted by Crippen LogP contribution is 2.34. The fraction of sp³-hybridized carbons (Fsp3) is 0.176. The Morgan fingerprint density at radius 2 is 2.13 bits per heavy atom. The highest BCUT2D eigenvalue weighted by molar-refractivity contribution is 5.89. The van der Waals surface area contributed by atoms with Gasteiger partial charge >= 0.3 is 6.61 Å². The van der Waals surface area contributed by atoms with E-state index in [1.165, 1.54) is 12.1 Å². The van der Waals surface area contributed by atoms with Gasteiger partial charge in [0.1, 0.15) is 6.07 Å². The number of halogens is 2. The molecule has 1 aromatic carbocycles. The Morgan fingerprint density at radius 1 is 1.30 bits per heavy atom. The average Bonchev–Trinajstić information content (AvgIpc) is 2.55. The molecule has 0 aliphatic rings. The third-order valence-electron chi connectivity index (χ3n) is 2.88. The van der Waals surface area contributed by atoms with Crippen LogP contribution in [0.15, 0.2) is 42.6 Å². The van der Waals surface area contributed by atoms with Crippen LogP contribution in [-0.2, 0) is 0 Å². The van der Waals surface area contributed by atoms with Gasteiger partial charge in [-0.25, -0.2) is 0 Å². The first-order valence-electron chi connectivity index (χ1n) is 6.89. The molecule has 0 fully saturated rings. The zero-order valence-corrected chi connectivity index (χ0v) is 12.4. The monoisotopic (exact) mass is 316 g/mol. The highest BCUT2D eigenvalue weighted by Gasteiger charge is 2.15. The Labute approximate surface area is 132 Å². The zero-order chi connectivity index (χ0) is 16.7. The van der Waals surface area contributed by atoms with Crippen molar-refractivity contribution in [3.8, 4) is 17.6 Å². The molecule has 2 rings (SSSR count). The number of rotatable bonds is 6. The fourth-order valence-electron chi connectivity index (χ4n) is 1.97. The van der Waals surface area contributed by atoms with Crippen molar-refractivity contribution in [2.24, 2.45) is 0 Å². The molecule has 4 nitrogen and oxygen atoms in total. The predicted molar refractivity (Wildman–Crippen MR) is 82.0 cm³/mol. The van der Waals surface area contributed by atoms with Crippen molar-refractivity contribution in [3.63, 3.8) is 0 Å². The minimum absolute atomic E-state index is 0.104. The van der Waals surface area contributed by atoms with E-state index in [4.69, 9.17) is 4.74 Å². The van der Waals surface area contributed by atoms with E-state index in [9.17, 15) is 14.0 Å². The van der Waals surface area contributed by atoms with E-state index in [1.807, 2.05) is 6.07 Å². The summed E-state index contributed by atoms with van der Waals surface area (Å²) in [5, 5.41) is 9.31. The summed E-state index contributed by atoms with van der Waals surface area (Å²) in [6.45, 7) is -0.953. The number of pyridine rings is 1. The SMILES string of the molecule is CCOc1cccc(/C=C(\C#N)c2ccccn2)c1OC(F)F. The van der Waals surface area contributed by atoms with Crippen LogP contribution in [0.1, 0.15) is 18.2 Å². The van der Waals surface area contributed by atoms with Crippen LogP contribution in [-0.4, -0.2) is 18.2 Å². The van der Waals surface area contributed by atoms with E-state index in [1.54, 1.807) is 43.5 Å². The Morgan fingerprint density at radius 3 is 2.74 bits per heavy atom. The molecule has 0 unspecified atom stereocenters. The van der Waals surface area contributed by atoms with Crippen molar-refractivity contribution in [2.45, 2.75) is 13.5 Å².